The Morgan fingerprint density at radius 1 is 0.962 bits per heavy atom. The van der Waals surface area contributed by atoms with E-state index >= 15 is 0 Å². The molecule has 1 atom stereocenters. The van der Waals surface area contributed by atoms with Crippen LogP contribution in [0.25, 0.3) is 10.8 Å². The number of hydrogen-bond donors (Lipinski definition) is 1. The van der Waals surface area contributed by atoms with E-state index in [-0.39, 0.29) is 16.8 Å². The average Bonchev–Trinajstić information content (AvgIpc) is 3.33. The summed E-state index contributed by atoms with van der Waals surface area (Å²) in [4.78, 5) is 12.9. The Labute approximate surface area is 154 Å². The molecule has 4 rings (SSSR count). The normalized spacial score (nSPS) is 22.1. The molecule has 1 N–H and O–H groups in total. The summed E-state index contributed by atoms with van der Waals surface area (Å²) in [6, 6.07) is 12.5. The van der Waals surface area contributed by atoms with Gasteiger partial charge in [-0.1, -0.05) is 43.2 Å². The molecule has 2 aromatic rings. The third-order valence-corrected chi connectivity index (χ3v) is 7.44. The van der Waals surface area contributed by atoms with Crippen molar-refractivity contribution in [3.63, 3.8) is 0 Å². The fraction of sp³-hybridized carbons (Fsp3) is 0.450. The lowest BCUT2D eigenvalue weighted by Gasteiger charge is -2.25. The van der Waals surface area contributed by atoms with Crippen molar-refractivity contribution < 1.29 is 13.2 Å². The number of nitrogens with one attached hydrogen (secondary N) is 1. The van der Waals surface area contributed by atoms with Gasteiger partial charge in [-0.05, 0) is 48.6 Å². The van der Waals surface area contributed by atoms with Gasteiger partial charge < -0.3 is 5.32 Å². The highest BCUT2D eigenvalue weighted by Crippen LogP contribution is 2.29. The Morgan fingerprint density at radius 2 is 1.69 bits per heavy atom. The predicted molar refractivity (Wildman–Crippen MR) is 101 cm³/mol. The van der Waals surface area contributed by atoms with Crippen molar-refractivity contribution in [3.05, 3.63) is 42.5 Å². The molecule has 5 nitrogen and oxygen atoms in total. The van der Waals surface area contributed by atoms with Gasteiger partial charge in [0.25, 0.3) is 0 Å². The van der Waals surface area contributed by atoms with E-state index in [9.17, 15) is 13.2 Å². The van der Waals surface area contributed by atoms with Crippen LogP contribution in [0.3, 0.4) is 0 Å². The minimum absolute atomic E-state index is 0.140. The van der Waals surface area contributed by atoms with Gasteiger partial charge in [-0.25, -0.2) is 8.42 Å². The number of sulfonamides is 1. The average molecular weight is 372 g/mol. The fourth-order valence-electron chi connectivity index (χ4n) is 4.12. The molecule has 0 aromatic heterocycles. The van der Waals surface area contributed by atoms with Crippen LogP contribution in [0.15, 0.2) is 47.4 Å². The molecule has 0 radical (unpaired) electrons. The molecule has 1 aliphatic carbocycles. The van der Waals surface area contributed by atoms with Crippen LogP contribution in [0.1, 0.15) is 38.5 Å². The highest BCUT2D eigenvalue weighted by Gasteiger charge is 2.40. The van der Waals surface area contributed by atoms with Crippen LogP contribution in [-0.4, -0.2) is 37.3 Å². The van der Waals surface area contributed by atoms with Crippen LogP contribution < -0.4 is 5.32 Å². The number of hydrogen-bond acceptors (Lipinski definition) is 3. The second-order valence-electron chi connectivity index (χ2n) is 7.27. The van der Waals surface area contributed by atoms with Crippen molar-refractivity contribution in [2.75, 3.05) is 6.54 Å². The molecule has 2 fully saturated rings. The Bertz CT molecular complexity index is 920. The SMILES string of the molecule is O=C(NC1CCCC1)[C@@H]1CCCN1S(=O)(=O)c1ccc2ccccc2c1. The number of rotatable bonds is 4. The molecule has 2 aliphatic rings. The van der Waals surface area contributed by atoms with Gasteiger partial charge in [0.1, 0.15) is 6.04 Å². The van der Waals surface area contributed by atoms with Crippen LogP contribution in [-0.2, 0) is 14.8 Å². The first-order valence-electron chi connectivity index (χ1n) is 9.37. The summed E-state index contributed by atoms with van der Waals surface area (Å²) in [5.74, 6) is -0.140. The second-order valence-corrected chi connectivity index (χ2v) is 9.16. The Hall–Kier alpha value is -1.92. The maximum Gasteiger partial charge on any atom is 0.243 e. The van der Waals surface area contributed by atoms with Crippen LogP contribution in [0, 0.1) is 0 Å². The number of carbonyl (C=O) groups excluding carboxylic acids is 1. The zero-order chi connectivity index (χ0) is 18.1. The molecule has 0 spiro atoms. The number of amides is 1. The highest BCUT2D eigenvalue weighted by molar-refractivity contribution is 7.89. The summed E-state index contributed by atoms with van der Waals surface area (Å²) in [6.45, 7) is 0.401. The maximum atomic E-state index is 13.2. The lowest BCUT2D eigenvalue weighted by Crippen LogP contribution is -2.48. The lowest BCUT2D eigenvalue weighted by atomic mass is 10.1. The summed E-state index contributed by atoms with van der Waals surface area (Å²) >= 11 is 0. The van der Waals surface area contributed by atoms with Crippen molar-refractivity contribution in [2.45, 2.75) is 55.5 Å². The fourth-order valence-corrected chi connectivity index (χ4v) is 5.81. The van der Waals surface area contributed by atoms with Gasteiger partial charge in [0.15, 0.2) is 0 Å². The lowest BCUT2D eigenvalue weighted by molar-refractivity contribution is -0.124. The molecule has 26 heavy (non-hydrogen) atoms. The van der Waals surface area contributed by atoms with Crippen LogP contribution in [0.4, 0.5) is 0 Å². The monoisotopic (exact) mass is 372 g/mol. The molecule has 138 valence electrons. The van der Waals surface area contributed by atoms with E-state index in [1.54, 1.807) is 12.1 Å². The second kappa shape index (κ2) is 7.00. The van der Waals surface area contributed by atoms with Gasteiger partial charge >= 0.3 is 0 Å². The molecule has 2 aromatic carbocycles. The summed E-state index contributed by atoms with van der Waals surface area (Å²) in [6.07, 6.45) is 5.57. The summed E-state index contributed by atoms with van der Waals surface area (Å²) in [5.41, 5.74) is 0. The zero-order valence-electron chi connectivity index (χ0n) is 14.7. The number of nitrogens with zero attached hydrogens (tertiary/aromatic N) is 1. The number of carbonyl (C=O) groups is 1. The van der Waals surface area contributed by atoms with E-state index in [4.69, 9.17) is 0 Å². The quantitative estimate of drug-likeness (QED) is 0.897. The Kier molecular flexibility index (Phi) is 4.71. The highest BCUT2D eigenvalue weighted by atomic mass is 32.2. The smallest absolute Gasteiger partial charge is 0.243 e. The van der Waals surface area contributed by atoms with Crippen molar-refractivity contribution in [3.8, 4) is 0 Å². The molecule has 1 aliphatic heterocycles. The van der Waals surface area contributed by atoms with Gasteiger partial charge in [0.2, 0.25) is 15.9 Å². The van der Waals surface area contributed by atoms with E-state index in [0.29, 0.717) is 13.0 Å². The number of benzene rings is 2. The Morgan fingerprint density at radius 3 is 2.46 bits per heavy atom. The minimum Gasteiger partial charge on any atom is -0.352 e. The molecule has 1 heterocycles. The third kappa shape index (κ3) is 3.23. The van der Waals surface area contributed by atoms with Gasteiger partial charge in [0, 0.05) is 12.6 Å². The topological polar surface area (TPSA) is 66.5 Å². The molecule has 0 bridgehead atoms. The van der Waals surface area contributed by atoms with E-state index in [1.807, 2.05) is 30.3 Å². The molecule has 6 heteroatoms. The molecule has 1 amide bonds. The van der Waals surface area contributed by atoms with Crippen molar-refractivity contribution in [1.82, 2.24) is 9.62 Å². The molecular formula is C20H24N2O3S. The zero-order valence-corrected chi connectivity index (χ0v) is 15.5. The maximum absolute atomic E-state index is 13.2. The van der Waals surface area contributed by atoms with E-state index in [1.165, 1.54) is 4.31 Å². The summed E-state index contributed by atoms with van der Waals surface area (Å²) < 4.78 is 27.7. The van der Waals surface area contributed by atoms with Gasteiger partial charge in [-0.3, -0.25) is 4.79 Å². The molecule has 1 saturated carbocycles. The first-order valence-corrected chi connectivity index (χ1v) is 10.8. The molecular weight excluding hydrogens is 348 g/mol. The summed E-state index contributed by atoms with van der Waals surface area (Å²) in [5, 5.41) is 4.95. The minimum atomic E-state index is -3.69. The van der Waals surface area contributed by atoms with Crippen LogP contribution in [0.5, 0.6) is 0 Å². The first-order chi connectivity index (χ1) is 12.6. The van der Waals surface area contributed by atoms with E-state index in [0.717, 1.165) is 42.9 Å². The number of fused-ring (bicyclic) bond motifs is 1. The molecule has 0 unspecified atom stereocenters. The van der Waals surface area contributed by atoms with Gasteiger partial charge in [0.05, 0.1) is 4.90 Å². The van der Waals surface area contributed by atoms with Gasteiger partial charge in [-0.15, -0.1) is 0 Å². The Balaban J connectivity index is 1.59. The van der Waals surface area contributed by atoms with Gasteiger partial charge in [-0.2, -0.15) is 4.31 Å². The predicted octanol–water partition coefficient (Wildman–Crippen LogP) is 3.05. The molecule has 1 saturated heterocycles. The van der Waals surface area contributed by atoms with Crippen molar-refractivity contribution in [1.29, 1.82) is 0 Å². The van der Waals surface area contributed by atoms with Crippen molar-refractivity contribution >= 4 is 26.7 Å². The summed E-state index contributed by atoms with van der Waals surface area (Å²) in [7, 11) is -3.69. The standard InChI is InChI=1S/C20H24N2O3S/c23-20(21-17-8-3-4-9-17)19-10-5-13-22(19)26(24,25)18-12-11-15-6-1-2-7-16(15)14-18/h1-2,6-7,11-12,14,17,19H,3-5,8-10,13H2,(H,21,23)/t19-/m0/s1. The van der Waals surface area contributed by atoms with E-state index in [2.05, 4.69) is 5.32 Å². The van der Waals surface area contributed by atoms with Crippen LogP contribution in [0.2, 0.25) is 0 Å². The first kappa shape index (κ1) is 17.5. The largest absolute Gasteiger partial charge is 0.352 e. The third-order valence-electron chi connectivity index (χ3n) is 5.54. The van der Waals surface area contributed by atoms with Crippen LogP contribution >= 0.6 is 0 Å². The van der Waals surface area contributed by atoms with E-state index < -0.39 is 16.1 Å². The van der Waals surface area contributed by atoms with Crippen molar-refractivity contribution in [2.24, 2.45) is 0 Å².